The number of quaternary nitrogens is 1. The van der Waals surface area contributed by atoms with E-state index in [1.807, 2.05) is 0 Å². The van der Waals surface area contributed by atoms with Gasteiger partial charge < -0.3 is 4.48 Å². The Morgan fingerprint density at radius 1 is 0.455 bits per heavy atom. The molecular weight excluding hydrogens is 536 g/mol. The average molecular weight is 620 g/mol. The van der Waals surface area contributed by atoms with Gasteiger partial charge in [0.2, 0.25) is 5.91 Å². The fourth-order valence-corrected chi connectivity index (χ4v) is 7.52. The van der Waals surface area contributed by atoms with E-state index in [1.54, 1.807) is 0 Å². The van der Waals surface area contributed by atoms with Crippen molar-refractivity contribution in [1.29, 1.82) is 0 Å². The van der Waals surface area contributed by atoms with Crippen LogP contribution in [0.15, 0.2) is 0 Å². The third kappa shape index (κ3) is 23.7. The second-order valence-electron chi connectivity index (χ2n) is 14.9. The summed E-state index contributed by atoms with van der Waals surface area (Å²) in [5.41, 5.74) is 0. The third-order valence-electron chi connectivity index (χ3n) is 10.8. The Hall–Kier alpha value is -0.570. The molecule has 0 spiro atoms. The number of carbonyl (C=O) groups is 1. The van der Waals surface area contributed by atoms with Crippen LogP contribution in [0, 0.1) is 0 Å². The van der Waals surface area contributed by atoms with Crippen molar-refractivity contribution >= 4 is 5.91 Å². The van der Waals surface area contributed by atoms with Gasteiger partial charge in [0.25, 0.3) is 0 Å². The number of amides is 1. The first kappa shape index (κ1) is 41.5. The lowest BCUT2D eigenvalue weighted by Gasteiger charge is -2.40. The second kappa shape index (κ2) is 31.1. The maximum atomic E-state index is 12.5. The zero-order chi connectivity index (χ0) is 31.8. The molecule has 0 N–H and O–H groups in total. The average Bonchev–Trinajstić information content (AvgIpc) is 3.44. The van der Waals surface area contributed by atoms with Crippen LogP contribution in [0.1, 0.15) is 226 Å². The molecule has 1 atom stereocenters. The van der Waals surface area contributed by atoms with Crippen molar-refractivity contribution in [3.05, 3.63) is 0 Å². The van der Waals surface area contributed by atoms with E-state index in [1.165, 1.54) is 212 Å². The number of rotatable bonds is 35. The van der Waals surface area contributed by atoms with Gasteiger partial charge in [-0.25, -0.2) is 0 Å². The van der Waals surface area contributed by atoms with E-state index in [0.717, 1.165) is 30.5 Å². The van der Waals surface area contributed by atoms with Crippen molar-refractivity contribution in [3.63, 3.8) is 0 Å². The number of likely N-dealkylation sites (tertiary alicyclic amines) is 1. The highest BCUT2D eigenvalue weighted by Gasteiger charge is 2.31. The predicted molar refractivity (Wildman–Crippen MR) is 196 cm³/mol. The van der Waals surface area contributed by atoms with Crippen LogP contribution < -0.4 is 0 Å². The number of hydrogen-bond acceptors (Lipinski definition) is 1. The molecule has 262 valence electrons. The van der Waals surface area contributed by atoms with Crippen LogP contribution in [0.25, 0.3) is 0 Å². The third-order valence-corrected chi connectivity index (χ3v) is 10.8. The summed E-state index contributed by atoms with van der Waals surface area (Å²) in [7, 11) is 0. The van der Waals surface area contributed by atoms with E-state index in [2.05, 4.69) is 25.7 Å². The highest BCUT2D eigenvalue weighted by molar-refractivity contribution is 5.77. The van der Waals surface area contributed by atoms with Gasteiger partial charge in [0.15, 0.2) is 6.67 Å². The minimum absolute atomic E-state index is 0.411. The molecule has 0 aromatic heterocycles. The van der Waals surface area contributed by atoms with Crippen molar-refractivity contribution in [2.75, 3.05) is 32.8 Å². The maximum absolute atomic E-state index is 12.5. The van der Waals surface area contributed by atoms with Crippen LogP contribution in [0.4, 0.5) is 0 Å². The van der Waals surface area contributed by atoms with E-state index in [-0.39, 0.29) is 0 Å². The Labute approximate surface area is 278 Å². The van der Waals surface area contributed by atoms with Gasteiger partial charge >= 0.3 is 0 Å². The number of carbonyl (C=O) groups excluding carboxylic acids is 1. The van der Waals surface area contributed by atoms with Gasteiger partial charge in [-0.1, -0.05) is 181 Å². The standard InChI is InChI=1S/C41H83N2O/c1-4-7-9-11-13-15-17-19-21-22-24-26-28-30-32-34-39-43(6-3,40-42-37-35-36-41(42)44)38-33-31-29-27-25-23-20-18-16-14-12-10-8-5-2/h4-40H2,1-3H3/q+1. The van der Waals surface area contributed by atoms with Gasteiger partial charge in [0, 0.05) is 13.0 Å². The summed E-state index contributed by atoms with van der Waals surface area (Å²) in [5.74, 6) is 0.411. The molecule has 3 heteroatoms. The summed E-state index contributed by atoms with van der Waals surface area (Å²) in [6.45, 7) is 12.7. The summed E-state index contributed by atoms with van der Waals surface area (Å²) >= 11 is 0. The predicted octanol–water partition coefficient (Wildman–Crippen LogP) is 13.1. The number of unbranched alkanes of at least 4 members (excludes halogenated alkanes) is 28. The molecule has 0 bridgehead atoms. The molecule has 1 rings (SSSR count). The summed E-state index contributed by atoms with van der Waals surface area (Å²) < 4.78 is 1.16. The van der Waals surface area contributed by atoms with E-state index in [4.69, 9.17) is 0 Å². The van der Waals surface area contributed by atoms with Gasteiger partial charge in [-0.15, -0.1) is 0 Å². The molecule has 3 nitrogen and oxygen atoms in total. The summed E-state index contributed by atoms with van der Waals surface area (Å²) in [6.07, 6.45) is 44.7. The first-order valence-electron chi connectivity index (χ1n) is 20.8. The molecule has 1 amide bonds. The van der Waals surface area contributed by atoms with Crippen LogP contribution in [-0.2, 0) is 4.79 Å². The summed E-state index contributed by atoms with van der Waals surface area (Å²) in [6, 6.07) is 0. The largest absolute Gasteiger partial charge is 0.307 e. The van der Waals surface area contributed by atoms with Crippen LogP contribution >= 0.6 is 0 Å². The molecule has 1 fully saturated rings. The second-order valence-corrected chi connectivity index (χ2v) is 14.9. The number of nitrogens with zero attached hydrogens (tertiary/aromatic N) is 2. The Balaban J connectivity index is 2.13. The molecule has 0 radical (unpaired) electrons. The van der Waals surface area contributed by atoms with Gasteiger partial charge in [0.05, 0.1) is 19.6 Å². The SMILES string of the molecule is CCCCCCCCCCCCCCCCCC[N+](CC)(CCCCCCCCCCCCCCCC)CN1CCCC1=O. The highest BCUT2D eigenvalue weighted by atomic mass is 16.2. The molecule has 0 aliphatic carbocycles. The monoisotopic (exact) mass is 620 g/mol. The summed E-state index contributed by atoms with van der Waals surface area (Å²) in [4.78, 5) is 14.7. The van der Waals surface area contributed by atoms with Gasteiger partial charge in [-0.2, -0.15) is 0 Å². The van der Waals surface area contributed by atoms with Crippen molar-refractivity contribution in [2.24, 2.45) is 0 Å². The lowest BCUT2D eigenvalue weighted by atomic mass is 10.0. The minimum Gasteiger partial charge on any atom is -0.307 e. The molecule has 0 aromatic carbocycles. The molecule has 1 aliphatic heterocycles. The van der Waals surface area contributed by atoms with E-state index in [0.29, 0.717) is 5.91 Å². The van der Waals surface area contributed by atoms with Crippen LogP contribution in [-0.4, -0.2) is 48.1 Å². The normalized spacial score (nSPS) is 15.0. The lowest BCUT2D eigenvalue weighted by molar-refractivity contribution is -0.934. The van der Waals surface area contributed by atoms with Crippen molar-refractivity contribution in [1.82, 2.24) is 4.90 Å². The quantitative estimate of drug-likeness (QED) is 0.0510. The molecule has 0 saturated carbocycles. The van der Waals surface area contributed by atoms with Crippen LogP contribution in [0.5, 0.6) is 0 Å². The molecule has 1 unspecified atom stereocenters. The Morgan fingerprint density at radius 3 is 1.00 bits per heavy atom. The Kier molecular flexibility index (Phi) is 29.3. The molecule has 0 aromatic rings. The molecule has 44 heavy (non-hydrogen) atoms. The van der Waals surface area contributed by atoms with Crippen molar-refractivity contribution < 1.29 is 9.28 Å². The van der Waals surface area contributed by atoms with Gasteiger partial charge in [-0.3, -0.25) is 9.69 Å². The first-order chi connectivity index (χ1) is 21.7. The van der Waals surface area contributed by atoms with Gasteiger partial charge in [0.1, 0.15) is 0 Å². The van der Waals surface area contributed by atoms with E-state index in [9.17, 15) is 4.79 Å². The van der Waals surface area contributed by atoms with Crippen LogP contribution in [0.3, 0.4) is 0 Å². The molecule has 1 aliphatic rings. The fraction of sp³-hybridized carbons (Fsp3) is 0.976. The fourth-order valence-electron chi connectivity index (χ4n) is 7.52. The topological polar surface area (TPSA) is 20.3 Å². The molecule has 1 heterocycles. The van der Waals surface area contributed by atoms with Crippen LogP contribution in [0.2, 0.25) is 0 Å². The van der Waals surface area contributed by atoms with E-state index >= 15 is 0 Å². The first-order valence-corrected chi connectivity index (χ1v) is 20.8. The van der Waals surface area contributed by atoms with Crippen molar-refractivity contribution in [2.45, 2.75) is 226 Å². The Bertz CT molecular complexity index is 607. The zero-order valence-electron chi connectivity index (χ0n) is 31.0. The van der Waals surface area contributed by atoms with Crippen molar-refractivity contribution in [3.8, 4) is 0 Å². The number of hydrogen-bond donors (Lipinski definition) is 0. The maximum Gasteiger partial charge on any atom is 0.226 e. The highest BCUT2D eigenvalue weighted by Crippen LogP contribution is 2.21. The summed E-state index contributed by atoms with van der Waals surface area (Å²) in [5, 5.41) is 0. The zero-order valence-corrected chi connectivity index (χ0v) is 31.0. The lowest BCUT2D eigenvalue weighted by Crippen LogP contribution is -2.55. The van der Waals surface area contributed by atoms with E-state index < -0.39 is 0 Å². The smallest absolute Gasteiger partial charge is 0.226 e. The molecule has 1 saturated heterocycles. The molecular formula is C41H83N2O+. The minimum atomic E-state index is 0.411. The van der Waals surface area contributed by atoms with Gasteiger partial charge in [-0.05, 0) is 39.0 Å². The Morgan fingerprint density at radius 2 is 0.750 bits per heavy atom.